The predicted octanol–water partition coefficient (Wildman–Crippen LogP) is 2.76. The first-order valence-electron chi connectivity index (χ1n) is 6.99. The number of carboxylic acid groups (broad SMARTS) is 1. The van der Waals surface area contributed by atoms with Gasteiger partial charge in [-0.2, -0.15) is 13.9 Å². The number of rotatable bonds is 6. The monoisotopic (exact) mass is 339 g/mol. The minimum absolute atomic E-state index is 0.0612. The maximum atomic E-state index is 12.5. The van der Waals surface area contributed by atoms with Gasteiger partial charge in [0.05, 0.1) is 22.5 Å². The van der Waals surface area contributed by atoms with Crippen LogP contribution in [0, 0.1) is 6.92 Å². The average molecular weight is 339 g/mol. The Morgan fingerprint density at radius 2 is 2.12 bits per heavy atom. The van der Waals surface area contributed by atoms with Crippen molar-refractivity contribution in [1.29, 1.82) is 0 Å². The van der Waals surface area contributed by atoms with Crippen LogP contribution in [0.25, 0.3) is 0 Å². The number of benzene rings is 1. The zero-order chi connectivity index (χ0) is 17.9. The highest BCUT2D eigenvalue weighted by molar-refractivity contribution is 6.06. The number of nitrogens with zero attached hydrogens (tertiary/aromatic N) is 2. The van der Waals surface area contributed by atoms with Crippen LogP contribution in [0.1, 0.15) is 33.3 Å². The summed E-state index contributed by atoms with van der Waals surface area (Å²) in [5, 5.41) is 15.5. The Morgan fingerprint density at radius 3 is 2.67 bits per heavy atom. The van der Waals surface area contributed by atoms with Crippen LogP contribution in [-0.4, -0.2) is 33.4 Å². The standard InChI is InChI=1S/C15H15F2N3O4/c1-3-20-7-10(8(2)19-20)13(21)18-11-5-4-9(14(22)23)6-12(11)24-15(16)17/h4-7,15H,3H2,1-2H3,(H,18,21)(H,22,23). The van der Waals surface area contributed by atoms with E-state index in [0.29, 0.717) is 12.2 Å². The number of aromatic carboxylic acids is 1. The van der Waals surface area contributed by atoms with E-state index in [2.05, 4.69) is 15.2 Å². The van der Waals surface area contributed by atoms with Crippen molar-refractivity contribution in [3.63, 3.8) is 0 Å². The third-order valence-electron chi connectivity index (χ3n) is 3.21. The molecule has 24 heavy (non-hydrogen) atoms. The number of aryl methyl sites for hydroxylation is 2. The summed E-state index contributed by atoms with van der Waals surface area (Å²) in [5.74, 6) is -2.29. The topological polar surface area (TPSA) is 93.5 Å². The Labute approximate surface area is 135 Å². The van der Waals surface area contributed by atoms with E-state index in [0.717, 1.165) is 6.07 Å². The van der Waals surface area contributed by atoms with Crippen molar-refractivity contribution in [1.82, 2.24) is 9.78 Å². The van der Waals surface area contributed by atoms with Crippen LogP contribution < -0.4 is 10.1 Å². The first-order valence-corrected chi connectivity index (χ1v) is 6.99. The van der Waals surface area contributed by atoms with Crippen LogP contribution in [0.3, 0.4) is 0 Å². The molecule has 2 rings (SSSR count). The second-order valence-electron chi connectivity index (χ2n) is 4.83. The molecule has 2 aromatic rings. The van der Waals surface area contributed by atoms with Gasteiger partial charge in [-0.05, 0) is 32.0 Å². The van der Waals surface area contributed by atoms with E-state index in [1.807, 2.05) is 6.92 Å². The molecule has 0 saturated carbocycles. The fourth-order valence-corrected chi connectivity index (χ4v) is 2.04. The zero-order valence-corrected chi connectivity index (χ0v) is 12.9. The maximum Gasteiger partial charge on any atom is 0.387 e. The summed E-state index contributed by atoms with van der Waals surface area (Å²) in [7, 11) is 0. The van der Waals surface area contributed by atoms with Gasteiger partial charge < -0.3 is 15.2 Å². The van der Waals surface area contributed by atoms with Crippen molar-refractivity contribution >= 4 is 17.6 Å². The molecule has 0 aliphatic heterocycles. The molecule has 9 heteroatoms. The molecular weight excluding hydrogens is 324 g/mol. The number of hydrogen-bond acceptors (Lipinski definition) is 4. The maximum absolute atomic E-state index is 12.5. The van der Waals surface area contributed by atoms with Crippen molar-refractivity contribution in [2.45, 2.75) is 27.0 Å². The normalized spacial score (nSPS) is 10.7. The van der Waals surface area contributed by atoms with E-state index in [4.69, 9.17) is 5.11 Å². The van der Waals surface area contributed by atoms with Crippen molar-refractivity contribution in [2.75, 3.05) is 5.32 Å². The van der Waals surface area contributed by atoms with E-state index >= 15 is 0 Å². The molecule has 0 aliphatic rings. The van der Waals surface area contributed by atoms with Crippen LogP contribution in [0.4, 0.5) is 14.5 Å². The second kappa shape index (κ2) is 7.07. The molecule has 0 fully saturated rings. The van der Waals surface area contributed by atoms with Gasteiger partial charge in [0.2, 0.25) is 0 Å². The minimum Gasteiger partial charge on any atom is -0.478 e. The third kappa shape index (κ3) is 3.86. The molecule has 0 spiro atoms. The Bertz CT molecular complexity index is 774. The molecule has 1 amide bonds. The van der Waals surface area contributed by atoms with Gasteiger partial charge in [0.1, 0.15) is 5.75 Å². The largest absolute Gasteiger partial charge is 0.478 e. The summed E-state index contributed by atoms with van der Waals surface area (Å²) < 4.78 is 30.9. The van der Waals surface area contributed by atoms with Gasteiger partial charge in [0.25, 0.3) is 5.91 Å². The van der Waals surface area contributed by atoms with E-state index in [1.54, 1.807) is 11.6 Å². The van der Waals surface area contributed by atoms with E-state index in [-0.39, 0.29) is 16.8 Å². The first kappa shape index (κ1) is 17.4. The molecule has 1 aromatic carbocycles. The highest BCUT2D eigenvalue weighted by atomic mass is 19.3. The van der Waals surface area contributed by atoms with Gasteiger partial charge >= 0.3 is 12.6 Å². The van der Waals surface area contributed by atoms with Crippen LogP contribution in [0.2, 0.25) is 0 Å². The molecular formula is C15H15F2N3O4. The van der Waals surface area contributed by atoms with Gasteiger partial charge in [0, 0.05) is 12.7 Å². The molecule has 1 heterocycles. The van der Waals surface area contributed by atoms with Gasteiger partial charge in [-0.15, -0.1) is 0 Å². The summed E-state index contributed by atoms with van der Waals surface area (Å²) in [6.45, 7) is 0.911. The van der Waals surface area contributed by atoms with Gasteiger partial charge in [0.15, 0.2) is 0 Å². The lowest BCUT2D eigenvalue weighted by atomic mass is 10.1. The molecule has 128 valence electrons. The van der Waals surface area contributed by atoms with Crippen molar-refractivity contribution in [3.8, 4) is 5.75 Å². The number of halogens is 2. The second-order valence-corrected chi connectivity index (χ2v) is 4.83. The molecule has 2 N–H and O–H groups in total. The number of carbonyl (C=O) groups is 2. The number of anilines is 1. The number of aromatic nitrogens is 2. The quantitative estimate of drug-likeness (QED) is 0.844. The van der Waals surface area contributed by atoms with Gasteiger partial charge in [-0.25, -0.2) is 4.79 Å². The number of carbonyl (C=O) groups excluding carboxylic acids is 1. The van der Waals surface area contributed by atoms with Crippen LogP contribution >= 0.6 is 0 Å². The molecule has 1 aromatic heterocycles. The lowest BCUT2D eigenvalue weighted by Gasteiger charge is -2.12. The number of alkyl halides is 2. The molecule has 0 bridgehead atoms. The minimum atomic E-state index is -3.16. The molecule has 7 nitrogen and oxygen atoms in total. The van der Waals surface area contributed by atoms with Crippen LogP contribution in [0.5, 0.6) is 5.75 Å². The number of amides is 1. The number of nitrogens with one attached hydrogen (secondary N) is 1. The highest BCUT2D eigenvalue weighted by Gasteiger charge is 2.18. The fourth-order valence-electron chi connectivity index (χ4n) is 2.04. The SMILES string of the molecule is CCn1cc(C(=O)Nc2ccc(C(=O)O)cc2OC(F)F)c(C)n1. The molecule has 0 radical (unpaired) electrons. The Hall–Kier alpha value is -2.97. The lowest BCUT2D eigenvalue weighted by molar-refractivity contribution is -0.0494. The number of carboxylic acids is 1. The summed E-state index contributed by atoms with van der Waals surface area (Å²) in [6.07, 6.45) is 1.53. The van der Waals surface area contributed by atoms with Crippen molar-refractivity contribution in [3.05, 3.63) is 41.2 Å². The summed E-state index contributed by atoms with van der Waals surface area (Å²) in [4.78, 5) is 23.2. The van der Waals surface area contributed by atoms with Crippen LogP contribution in [0.15, 0.2) is 24.4 Å². The highest BCUT2D eigenvalue weighted by Crippen LogP contribution is 2.28. The summed E-state index contributed by atoms with van der Waals surface area (Å²) in [6, 6.07) is 3.30. The van der Waals surface area contributed by atoms with Gasteiger partial charge in [-0.1, -0.05) is 0 Å². The smallest absolute Gasteiger partial charge is 0.387 e. The summed E-state index contributed by atoms with van der Waals surface area (Å²) in [5.41, 5.74) is 0.461. The first-order chi connectivity index (χ1) is 11.3. The zero-order valence-electron chi connectivity index (χ0n) is 12.9. The number of hydrogen-bond donors (Lipinski definition) is 2. The Kier molecular flexibility index (Phi) is 5.12. The summed E-state index contributed by atoms with van der Waals surface area (Å²) >= 11 is 0. The Balaban J connectivity index is 2.31. The third-order valence-corrected chi connectivity index (χ3v) is 3.21. The fraction of sp³-hybridized carbons (Fsp3) is 0.267. The lowest BCUT2D eigenvalue weighted by Crippen LogP contribution is -2.15. The predicted molar refractivity (Wildman–Crippen MR) is 80.6 cm³/mol. The van der Waals surface area contributed by atoms with Gasteiger partial charge in [-0.3, -0.25) is 9.48 Å². The molecule has 0 saturated heterocycles. The molecule has 0 atom stereocenters. The van der Waals surface area contributed by atoms with E-state index < -0.39 is 24.2 Å². The van der Waals surface area contributed by atoms with Crippen LogP contribution in [-0.2, 0) is 6.54 Å². The van der Waals surface area contributed by atoms with E-state index in [1.165, 1.54) is 18.3 Å². The average Bonchev–Trinajstić information content (AvgIpc) is 2.89. The molecule has 0 unspecified atom stereocenters. The van der Waals surface area contributed by atoms with Crippen molar-refractivity contribution < 1.29 is 28.2 Å². The molecule has 0 aliphatic carbocycles. The number of ether oxygens (including phenoxy) is 1. The van der Waals surface area contributed by atoms with Crippen molar-refractivity contribution in [2.24, 2.45) is 0 Å². The Morgan fingerprint density at radius 1 is 1.42 bits per heavy atom. The van der Waals surface area contributed by atoms with E-state index in [9.17, 15) is 18.4 Å².